The number of carbonyl (C=O) groups is 1. The van der Waals surface area contributed by atoms with Gasteiger partial charge in [0.2, 0.25) is 0 Å². The lowest BCUT2D eigenvalue weighted by atomic mass is 9.75. The van der Waals surface area contributed by atoms with Crippen LogP contribution in [0.3, 0.4) is 0 Å². The van der Waals surface area contributed by atoms with Gasteiger partial charge in [0.15, 0.2) is 0 Å². The van der Waals surface area contributed by atoms with E-state index in [-0.39, 0.29) is 29.7 Å². The van der Waals surface area contributed by atoms with Crippen LogP contribution in [0.1, 0.15) is 74.7 Å². The molecule has 1 heterocycles. The van der Waals surface area contributed by atoms with Crippen LogP contribution in [0.4, 0.5) is 4.39 Å². The van der Waals surface area contributed by atoms with E-state index in [9.17, 15) is 9.90 Å². The average Bonchev–Trinajstić information content (AvgIpc) is 3.76. The molecule has 2 fully saturated rings. The maximum Gasteiger partial charge on any atom is 0.303 e. The van der Waals surface area contributed by atoms with Crippen LogP contribution in [0.2, 0.25) is 0 Å². The number of aliphatic carboxylic acids is 1. The summed E-state index contributed by atoms with van der Waals surface area (Å²) in [5.74, 6) is 0.676. The minimum atomic E-state index is -0.772. The van der Waals surface area contributed by atoms with Crippen molar-refractivity contribution in [3.8, 4) is 22.6 Å². The Labute approximate surface area is 229 Å². The highest BCUT2D eigenvalue weighted by molar-refractivity contribution is 5.71. The van der Waals surface area contributed by atoms with E-state index in [4.69, 9.17) is 14.2 Å². The highest BCUT2D eigenvalue weighted by Crippen LogP contribution is 2.47. The molecule has 0 spiro atoms. The third kappa shape index (κ3) is 6.27. The average molecular weight is 533 g/mol. The molecule has 1 saturated carbocycles. The Morgan fingerprint density at radius 1 is 1.08 bits per heavy atom. The topological polar surface area (TPSA) is 65.0 Å². The van der Waals surface area contributed by atoms with Crippen molar-refractivity contribution in [1.82, 2.24) is 0 Å². The minimum Gasteiger partial charge on any atom is -0.497 e. The Morgan fingerprint density at radius 2 is 1.90 bits per heavy atom. The SMILES string of the molecule is COc1ccc(F)c(-c2ccc(COc3cccc([C@H](CC(=O)O)C4CC4)c3)cc2C2OCCCC2(C)C)c1. The second-order valence-corrected chi connectivity index (χ2v) is 11.5. The van der Waals surface area contributed by atoms with Gasteiger partial charge in [0, 0.05) is 12.2 Å². The van der Waals surface area contributed by atoms with E-state index in [1.165, 1.54) is 6.07 Å². The molecular weight excluding hydrogens is 495 g/mol. The van der Waals surface area contributed by atoms with Crippen LogP contribution in [0, 0.1) is 17.2 Å². The number of carboxylic acids is 1. The Kier molecular flexibility index (Phi) is 7.94. The van der Waals surface area contributed by atoms with Crippen molar-refractivity contribution in [2.24, 2.45) is 11.3 Å². The van der Waals surface area contributed by atoms with E-state index in [0.717, 1.165) is 47.9 Å². The molecule has 1 unspecified atom stereocenters. The lowest BCUT2D eigenvalue weighted by molar-refractivity contribution is -0.137. The predicted molar refractivity (Wildman–Crippen MR) is 149 cm³/mol. The summed E-state index contributed by atoms with van der Waals surface area (Å²) in [6, 6.07) is 18.6. The van der Waals surface area contributed by atoms with Crippen LogP contribution in [-0.2, 0) is 16.1 Å². The first-order valence-electron chi connectivity index (χ1n) is 13.8. The number of hydrogen-bond donors (Lipinski definition) is 1. The van der Waals surface area contributed by atoms with Crippen molar-refractivity contribution in [2.45, 2.75) is 64.6 Å². The molecule has 1 aliphatic heterocycles. The molecular formula is C33H37FO5. The smallest absolute Gasteiger partial charge is 0.303 e. The zero-order valence-corrected chi connectivity index (χ0v) is 22.9. The number of methoxy groups -OCH3 is 1. The van der Waals surface area contributed by atoms with Gasteiger partial charge in [-0.15, -0.1) is 0 Å². The van der Waals surface area contributed by atoms with Gasteiger partial charge in [0.1, 0.15) is 23.9 Å². The molecule has 2 atom stereocenters. The third-order valence-electron chi connectivity index (χ3n) is 8.10. The van der Waals surface area contributed by atoms with Crippen LogP contribution in [0.25, 0.3) is 11.1 Å². The van der Waals surface area contributed by atoms with Crippen molar-refractivity contribution >= 4 is 5.97 Å². The number of rotatable bonds is 10. The second-order valence-electron chi connectivity index (χ2n) is 11.5. The van der Waals surface area contributed by atoms with Crippen LogP contribution < -0.4 is 9.47 Å². The molecule has 5 nitrogen and oxygen atoms in total. The highest BCUT2D eigenvalue weighted by atomic mass is 19.1. The molecule has 0 radical (unpaired) electrons. The van der Waals surface area contributed by atoms with Gasteiger partial charge in [0.25, 0.3) is 0 Å². The van der Waals surface area contributed by atoms with Crippen molar-refractivity contribution in [1.29, 1.82) is 0 Å². The molecule has 3 aromatic carbocycles. The largest absolute Gasteiger partial charge is 0.497 e. The normalized spacial score (nSPS) is 19.3. The van der Waals surface area contributed by atoms with Gasteiger partial charge in [-0.25, -0.2) is 4.39 Å². The van der Waals surface area contributed by atoms with Gasteiger partial charge in [-0.3, -0.25) is 4.79 Å². The Morgan fingerprint density at radius 3 is 2.62 bits per heavy atom. The fraction of sp³-hybridized carbons (Fsp3) is 0.424. The van der Waals surface area contributed by atoms with Gasteiger partial charge in [0.05, 0.1) is 19.6 Å². The van der Waals surface area contributed by atoms with E-state index in [1.54, 1.807) is 19.2 Å². The van der Waals surface area contributed by atoms with E-state index in [1.807, 2.05) is 36.4 Å². The quantitative estimate of drug-likeness (QED) is 0.287. The lowest BCUT2D eigenvalue weighted by Gasteiger charge is -2.39. The van der Waals surface area contributed by atoms with E-state index in [0.29, 0.717) is 36.2 Å². The molecule has 1 N–H and O–H groups in total. The molecule has 0 amide bonds. The summed E-state index contributed by atoms with van der Waals surface area (Å²) >= 11 is 0. The first-order chi connectivity index (χ1) is 18.7. The van der Waals surface area contributed by atoms with Gasteiger partial charge in [-0.2, -0.15) is 0 Å². The number of halogens is 1. The van der Waals surface area contributed by atoms with E-state index < -0.39 is 5.97 Å². The van der Waals surface area contributed by atoms with Crippen LogP contribution in [0.5, 0.6) is 11.5 Å². The maximum absolute atomic E-state index is 15.1. The summed E-state index contributed by atoms with van der Waals surface area (Å²) in [5, 5.41) is 9.39. The standard InChI is InChI=1S/C33H37FO5/c1-33(2)14-5-15-38-32(33)29-16-21(8-12-26(29)28-18-24(37-3)11-13-30(28)34)20-39-25-7-4-6-23(17-25)27(19-31(35)36)22-9-10-22/h4,6-8,11-13,16-18,22,27,32H,5,9-10,14-15,19-20H2,1-3H3,(H,35,36)/t27-,32?/m1/s1. The molecule has 0 bridgehead atoms. The van der Waals surface area contributed by atoms with Crippen molar-refractivity contribution in [3.63, 3.8) is 0 Å². The summed E-state index contributed by atoms with van der Waals surface area (Å²) in [4.78, 5) is 11.4. The fourth-order valence-corrected chi connectivity index (χ4v) is 5.84. The van der Waals surface area contributed by atoms with Crippen molar-refractivity contribution in [3.05, 3.63) is 83.2 Å². The van der Waals surface area contributed by atoms with Gasteiger partial charge in [-0.05, 0) is 102 Å². The summed E-state index contributed by atoms with van der Waals surface area (Å²) in [6.45, 7) is 5.40. The molecule has 1 saturated heterocycles. The summed E-state index contributed by atoms with van der Waals surface area (Å²) in [7, 11) is 1.58. The monoisotopic (exact) mass is 532 g/mol. The first-order valence-corrected chi connectivity index (χ1v) is 13.8. The van der Waals surface area contributed by atoms with E-state index in [2.05, 4.69) is 19.9 Å². The van der Waals surface area contributed by atoms with Gasteiger partial charge >= 0.3 is 5.97 Å². The molecule has 6 heteroatoms. The fourth-order valence-electron chi connectivity index (χ4n) is 5.84. The number of ether oxygens (including phenoxy) is 3. The second kappa shape index (κ2) is 11.4. The van der Waals surface area contributed by atoms with Crippen molar-refractivity contribution < 1.29 is 28.5 Å². The summed E-state index contributed by atoms with van der Waals surface area (Å²) in [6.07, 6.45) is 4.11. The lowest BCUT2D eigenvalue weighted by Crippen LogP contribution is -2.30. The number of carboxylic acid groups (broad SMARTS) is 1. The number of benzene rings is 3. The Balaban J connectivity index is 1.44. The molecule has 1 aliphatic carbocycles. The molecule has 0 aromatic heterocycles. The van der Waals surface area contributed by atoms with Crippen LogP contribution >= 0.6 is 0 Å². The Bertz CT molecular complexity index is 1330. The molecule has 5 rings (SSSR count). The molecule has 206 valence electrons. The summed E-state index contributed by atoms with van der Waals surface area (Å²) < 4.78 is 33.0. The Hall–Kier alpha value is -3.38. The third-order valence-corrected chi connectivity index (χ3v) is 8.10. The highest BCUT2D eigenvalue weighted by Gasteiger charge is 2.37. The minimum absolute atomic E-state index is 0.0142. The predicted octanol–water partition coefficient (Wildman–Crippen LogP) is 7.93. The molecule has 39 heavy (non-hydrogen) atoms. The van der Waals surface area contributed by atoms with Crippen molar-refractivity contribution in [2.75, 3.05) is 13.7 Å². The first kappa shape index (κ1) is 27.2. The van der Waals surface area contributed by atoms with Gasteiger partial charge < -0.3 is 19.3 Å². The molecule has 3 aromatic rings. The summed E-state index contributed by atoms with van der Waals surface area (Å²) in [5.41, 5.74) is 4.07. The number of hydrogen-bond acceptors (Lipinski definition) is 4. The van der Waals surface area contributed by atoms with Gasteiger partial charge in [-0.1, -0.05) is 38.1 Å². The van der Waals surface area contributed by atoms with Crippen LogP contribution in [0.15, 0.2) is 60.7 Å². The maximum atomic E-state index is 15.1. The molecule has 2 aliphatic rings. The zero-order chi connectivity index (χ0) is 27.6. The zero-order valence-electron chi connectivity index (χ0n) is 22.9. The van der Waals surface area contributed by atoms with E-state index >= 15 is 4.39 Å². The van der Waals surface area contributed by atoms with Crippen LogP contribution in [-0.4, -0.2) is 24.8 Å².